The number of aromatic nitrogens is 2. The molecule has 0 atom stereocenters. The Kier molecular flexibility index (Phi) is 2.83. The summed E-state index contributed by atoms with van der Waals surface area (Å²) in [6.07, 6.45) is 0.633. The van der Waals surface area contributed by atoms with E-state index >= 15 is 0 Å². The van der Waals surface area contributed by atoms with Crippen molar-refractivity contribution >= 4 is 0 Å². The van der Waals surface area contributed by atoms with E-state index in [4.69, 9.17) is 14.2 Å². The minimum atomic E-state index is -0.234. The Labute approximate surface area is 109 Å². The van der Waals surface area contributed by atoms with Crippen LogP contribution < -0.4 is 19.8 Å². The fraction of sp³-hybridized carbons (Fsp3) is 0.231. The van der Waals surface area contributed by atoms with Crippen LogP contribution in [0.2, 0.25) is 0 Å². The van der Waals surface area contributed by atoms with Crippen LogP contribution in [0.25, 0.3) is 0 Å². The number of ether oxygens (including phenoxy) is 3. The van der Waals surface area contributed by atoms with Gasteiger partial charge in [0.1, 0.15) is 11.6 Å². The summed E-state index contributed by atoms with van der Waals surface area (Å²) >= 11 is 0. The van der Waals surface area contributed by atoms with Crippen molar-refractivity contribution < 1.29 is 14.2 Å². The van der Waals surface area contributed by atoms with Crippen molar-refractivity contribution in [3.8, 4) is 23.1 Å². The molecule has 0 saturated carbocycles. The molecule has 2 heterocycles. The first-order chi connectivity index (χ1) is 9.24. The molecule has 0 radical (unpaired) electrons. The van der Waals surface area contributed by atoms with Gasteiger partial charge in [-0.15, -0.1) is 0 Å². The maximum absolute atomic E-state index is 11.4. The maximum atomic E-state index is 11.4. The van der Waals surface area contributed by atoms with Crippen molar-refractivity contribution in [2.75, 3.05) is 6.79 Å². The van der Waals surface area contributed by atoms with Crippen LogP contribution in [0.5, 0.6) is 23.1 Å². The van der Waals surface area contributed by atoms with Crippen LogP contribution in [0.3, 0.4) is 0 Å². The molecule has 1 aliphatic rings. The second-order valence-corrected chi connectivity index (χ2v) is 4.00. The summed E-state index contributed by atoms with van der Waals surface area (Å²) < 4.78 is 16.0. The zero-order valence-corrected chi connectivity index (χ0v) is 10.3. The van der Waals surface area contributed by atoms with Gasteiger partial charge >= 0.3 is 0 Å². The van der Waals surface area contributed by atoms with Gasteiger partial charge in [-0.25, -0.2) is 0 Å². The molecule has 0 fully saturated rings. The summed E-state index contributed by atoms with van der Waals surface area (Å²) in [5.41, 5.74) is -0.234. The Morgan fingerprint density at radius 1 is 1.32 bits per heavy atom. The number of hydrogen-bond donors (Lipinski definition) is 1. The molecular formula is C13H12N2O4. The number of aryl methyl sites for hydroxylation is 1. The van der Waals surface area contributed by atoms with Crippen molar-refractivity contribution in [1.82, 2.24) is 9.97 Å². The molecule has 0 saturated heterocycles. The topological polar surface area (TPSA) is 73.4 Å². The van der Waals surface area contributed by atoms with E-state index in [0.717, 1.165) is 0 Å². The molecule has 6 heteroatoms. The molecule has 1 aromatic carbocycles. The van der Waals surface area contributed by atoms with Crippen molar-refractivity contribution in [1.29, 1.82) is 0 Å². The second kappa shape index (κ2) is 4.64. The van der Waals surface area contributed by atoms with E-state index in [-0.39, 0.29) is 18.2 Å². The van der Waals surface area contributed by atoms with Gasteiger partial charge in [-0.2, -0.15) is 4.98 Å². The molecule has 0 spiro atoms. The average molecular weight is 260 g/mol. The van der Waals surface area contributed by atoms with Crippen LogP contribution in [0.4, 0.5) is 0 Å². The summed E-state index contributed by atoms with van der Waals surface area (Å²) in [5.74, 6) is 2.70. The normalized spacial score (nSPS) is 12.5. The van der Waals surface area contributed by atoms with Gasteiger partial charge < -0.3 is 19.2 Å². The Bertz CT molecular complexity index is 666. The van der Waals surface area contributed by atoms with Crippen molar-refractivity contribution in [3.63, 3.8) is 0 Å². The van der Waals surface area contributed by atoms with Crippen molar-refractivity contribution in [2.24, 2.45) is 0 Å². The lowest BCUT2D eigenvalue weighted by molar-refractivity contribution is 0.174. The van der Waals surface area contributed by atoms with Gasteiger partial charge in [0.15, 0.2) is 11.5 Å². The SMILES string of the molecule is CCc1nc(Oc2ccc3c(c2)OCO3)cc(=O)[nH]1. The fourth-order valence-electron chi connectivity index (χ4n) is 1.76. The highest BCUT2D eigenvalue weighted by atomic mass is 16.7. The number of benzene rings is 1. The van der Waals surface area contributed by atoms with E-state index in [1.807, 2.05) is 6.92 Å². The van der Waals surface area contributed by atoms with E-state index in [2.05, 4.69) is 9.97 Å². The van der Waals surface area contributed by atoms with E-state index in [9.17, 15) is 4.79 Å². The molecule has 0 amide bonds. The third-order valence-electron chi connectivity index (χ3n) is 2.67. The van der Waals surface area contributed by atoms with E-state index in [1.54, 1.807) is 18.2 Å². The first-order valence-electron chi connectivity index (χ1n) is 5.92. The molecule has 19 heavy (non-hydrogen) atoms. The molecule has 0 bridgehead atoms. The number of rotatable bonds is 3. The average Bonchev–Trinajstić information content (AvgIpc) is 2.85. The Balaban J connectivity index is 1.89. The summed E-state index contributed by atoms with van der Waals surface area (Å²) in [6, 6.07) is 6.51. The van der Waals surface area contributed by atoms with Gasteiger partial charge in [0, 0.05) is 12.5 Å². The lowest BCUT2D eigenvalue weighted by atomic mass is 10.3. The zero-order valence-electron chi connectivity index (χ0n) is 10.3. The molecule has 1 N–H and O–H groups in total. The fourth-order valence-corrected chi connectivity index (χ4v) is 1.76. The predicted molar refractivity (Wildman–Crippen MR) is 66.9 cm³/mol. The van der Waals surface area contributed by atoms with Crippen molar-refractivity contribution in [3.05, 3.63) is 40.4 Å². The smallest absolute Gasteiger partial charge is 0.254 e. The molecule has 98 valence electrons. The maximum Gasteiger partial charge on any atom is 0.254 e. The lowest BCUT2D eigenvalue weighted by Gasteiger charge is -2.06. The first kappa shape index (κ1) is 11.6. The summed E-state index contributed by atoms with van der Waals surface area (Å²) in [7, 11) is 0. The Morgan fingerprint density at radius 3 is 3.00 bits per heavy atom. The monoisotopic (exact) mass is 260 g/mol. The third kappa shape index (κ3) is 2.37. The van der Waals surface area contributed by atoms with Crippen LogP contribution in [0, 0.1) is 0 Å². The minimum Gasteiger partial charge on any atom is -0.454 e. The van der Waals surface area contributed by atoms with E-state index in [0.29, 0.717) is 29.5 Å². The molecule has 2 aromatic rings. The lowest BCUT2D eigenvalue weighted by Crippen LogP contribution is -2.10. The quantitative estimate of drug-likeness (QED) is 0.911. The minimum absolute atomic E-state index is 0.210. The molecular weight excluding hydrogens is 248 g/mol. The van der Waals surface area contributed by atoms with Crippen LogP contribution >= 0.6 is 0 Å². The molecule has 0 aliphatic carbocycles. The van der Waals surface area contributed by atoms with Gasteiger partial charge in [-0.3, -0.25) is 4.79 Å². The zero-order chi connectivity index (χ0) is 13.2. The Hall–Kier alpha value is -2.50. The number of nitrogens with one attached hydrogen (secondary N) is 1. The molecule has 0 unspecified atom stereocenters. The summed E-state index contributed by atoms with van der Waals surface area (Å²) in [5, 5.41) is 0. The number of fused-ring (bicyclic) bond motifs is 1. The summed E-state index contributed by atoms with van der Waals surface area (Å²) in [6.45, 7) is 2.12. The van der Waals surface area contributed by atoms with Gasteiger partial charge in [0.2, 0.25) is 12.7 Å². The van der Waals surface area contributed by atoms with Gasteiger partial charge in [-0.05, 0) is 12.1 Å². The van der Waals surface area contributed by atoms with Crippen molar-refractivity contribution in [2.45, 2.75) is 13.3 Å². The largest absolute Gasteiger partial charge is 0.454 e. The predicted octanol–water partition coefficient (Wildman–Crippen LogP) is 1.85. The van der Waals surface area contributed by atoms with Crippen LogP contribution in [0.15, 0.2) is 29.1 Å². The van der Waals surface area contributed by atoms with Crippen LogP contribution in [-0.4, -0.2) is 16.8 Å². The number of aromatic amines is 1. The highest BCUT2D eigenvalue weighted by molar-refractivity contribution is 5.47. The highest BCUT2D eigenvalue weighted by Gasteiger charge is 2.14. The van der Waals surface area contributed by atoms with E-state index in [1.165, 1.54) is 6.07 Å². The molecule has 3 rings (SSSR count). The van der Waals surface area contributed by atoms with Crippen LogP contribution in [0.1, 0.15) is 12.7 Å². The molecule has 6 nitrogen and oxygen atoms in total. The van der Waals surface area contributed by atoms with Crippen LogP contribution in [-0.2, 0) is 6.42 Å². The highest BCUT2D eigenvalue weighted by Crippen LogP contribution is 2.36. The molecule has 1 aliphatic heterocycles. The van der Waals surface area contributed by atoms with Gasteiger partial charge in [0.05, 0.1) is 6.07 Å². The standard InChI is InChI=1S/C13H12N2O4/c1-2-11-14-12(16)6-13(15-11)19-8-3-4-9-10(5-8)18-7-17-9/h3-6H,2,7H2,1H3,(H,14,15,16). The second-order valence-electron chi connectivity index (χ2n) is 4.00. The summed E-state index contributed by atoms with van der Waals surface area (Å²) in [4.78, 5) is 18.3. The van der Waals surface area contributed by atoms with Gasteiger partial charge in [-0.1, -0.05) is 6.92 Å². The Morgan fingerprint density at radius 2 is 2.16 bits per heavy atom. The number of hydrogen-bond acceptors (Lipinski definition) is 5. The number of nitrogens with zero attached hydrogens (tertiary/aromatic N) is 1. The number of H-pyrrole nitrogens is 1. The first-order valence-corrected chi connectivity index (χ1v) is 5.92. The van der Waals surface area contributed by atoms with E-state index < -0.39 is 0 Å². The third-order valence-corrected chi connectivity index (χ3v) is 2.67. The molecule has 1 aromatic heterocycles. The van der Waals surface area contributed by atoms with Gasteiger partial charge in [0.25, 0.3) is 5.56 Å².